The van der Waals surface area contributed by atoms with E-state index in [1.165, 1.54) is 0 Å². The Bertz CT molecular complexity index is 529. The molecular formula is C11H6F6O4. The van der Waals surface area contributed by atoms with Gasteiger partial charge in [-0.2, -0.15) is 26.3 Å². The van der Waals surface area contributed by atoms with Gasteiger partial charge in [-0.25, -0.2) is 0 Å². The van der Waals surface area contributed by atoms with Crippen LogP contribution in [0, 0.1) is 0 Å². The molecule has 0 aliphatic heterocycles. The third kappa shape index (κ3) is 4.97. The second-order valence-electron chi connectivity index (χ2n) is 3.79. The summed E-state index contributed by atoms with van der Waals surface area (Å²) in [6.45, 7) is 0. The van der Waals surface area contributed by atoms with Gasteiger partial charge in [-0.05, 0) is 18.2 Å². The first-order valence-corrected chi connectivity index (χ1v) is 5.11. The first-order chi connectivity index (χ1) is 9.39. The lowest BCUT2D eigenvalue weighted by Crippen LogP contribution is -2.15. The van der Waals surface area contributed by atoms with Gasteiger partial charge >= 0.3 is 24.3 Å². The van der Waals surface area contributed by atoms with E-state index in [0.29, 0.717) is 0 Å². The SMILES string of the molecule is O=C(O)CC(=O)Oc1cc(C(F)(F)F)cc(C(F)(F)F)c1. The second kappa shape index (κ2) is 5.62. The Labute approximate surface area is 112 Å². The fourth-order valence-electron chi connectivity index (χ4n) is 1.28. The summed E-state index contributed by atoms with van der Waals surface area (Å²) in [5.41, 5.74) is -3.34. The predicted octanol–water partition coefficient (Wildman–Crippen LogP) is 3.10. The highest BCUT2D eigenvalue weighted by Gasteiger charge is 2.37. The number of halogens is 6. The van der Waals surface area contributed by atoms with E-state index in [0.717, 1.165) is 0 Å². The van der Waals surface area contributed by atoms with Crippen molar-refractivity contribution in [2.75, 3.05) is 0 Å². The highest BCUT2D eigenvalue weighted by Crippen LogP contribution is 2.38. The van der Waals surface area contributed by atoms with Gasteiger partial charge in [0.1, 0.15) is 12.2 Å². The van der Waals surface area contributed by atoms with Gasteiger partial charge < -0.3 is 9.84 Å². The monoisotopic (exact) mass is 316 g/mol. The first-order valence-electron chi connectivity index (χ1n) is 5.11. The van der Waals surface area contributed by atoms with Crippen LogP contribution in [-0.2, 0) is 21.9 Å². The summed E-state index contributed by atoms with van der Waals surface area (Å²) < 4.78 is 79.1. The number of esters is 1. The van der Waals surface area contributed by atoms with Crippen LogP contribution in [0.15, 0.2) is 18.2 Å². The van der Waals surface area contributed by atoms with Crippen molar-refractivity contribution in [2.45, 2.75) is 18.8 Å². The van der Waals surface area contributed by atoms with Gasteiger partial charge in [0.05, 0.1) is 11.1 Å². The van der Waals surface area contributed by atoms with Gasteiger partial charge in [-0.1, -0.05) is 0 Å². The summed E-state index contributed by atoms with van der Waals surface area (Å²) >= 11 is 0. The lowest BCUT2D eigenvalue weighted by molar-refractivity contribution is -0.148. The zero-order valence-electron chi connectivity index (χ0n) is 9.88. The van der Waals surface area contributed by atoms with Crippen molar-refractivity contribution < 1.29 is 45.8 Å². The Kier molecular flexibility index (Phi) is 4.49. The van der Waals surface area contributed by atoms with Crippen LogP contribution in [-0.4, -0.2) is 17.0 Å². The molecule has 1 aromatic rings. The molecule has 0 atom stereocenters. The summed E-state index contributed by atoms with van der Waals surface area (Å²) in [4.78, 5) is 21.2. The van der Waals surface area contributed by atoms with Crippen LogP contribution < -0.4 is 4.74 Å². The Morgan fingerprint density at radius 1 is 0.952 bits per heavy atom. The third-order valence-corrected chi connectivity index (χ3v) is 2.09. The van der Waals surface area contributed by atoms with E-state index in [9.17, 15) is 35.9 Å². The van der Waals surface area contributed by atoms with Crippen LogP contribution in [0.25, 0.3) is 0 Å². The minimum absolute atomic E-state index is 0.144. The summed E-state index contributed by atoms with van der Waals surface area (Å²) in [5, 5.41) is 8.27. The van der Waals surface area contributed by atoms with Crippen molar-refractivity contribution >= 4 is 11.9 Å². The van der Waals surface area contributed by atoms with Gasteiger partial charge in [0.25, 0.3) is 0 Å². The molecule has 0 radical (unpaired) electrons. The molecule has 116 valence electrons. The molecule has 0 bridgehead atoms. The number of aliphatic carboxylic acids is 1. The fraction of sp³-hybridized carbons (Fsp3) is 0.273. The van der Waals surface area contributed by atoms with Crippen molar-refractivity contribution in [3.8, 4) is 5.75 Å². The summed E-state index contributed by atoms with van der Waals surface area (Å²) in [6, 6.07) is 0.207. The van der Waals surface area contributed by atoms with Gasteiger partial charge in [-0.3, -0.25) is 9.59 Å². The van der Waals surface area contributed by atoms with E-state index in [1.54, 1.807) is 0 Å². The molecule has 0 aliphatic carbocycles. The van der Waals surface area contributed by atoms with Gasteiger partial charge in [0, 0.05) is 0 Å². The highest BCUT2D eigenvalue weighted by molar-refractivity contribution is 5.91. The molecule has 4 nitrogen and oxygen atoms in total. The van der Waals surface area contributed by atoms with Crippen molar-refractivity contribution in [3.63, 3.8) is 0 Å². The minimum atomic E-state index is -5.09. The van der Waals surface area contributed by atoms with E-state index >= 15 is 0 Å². The molecular weight excluding hydrogens is 310 g/mol. The molecule has 0 fully saturated rings. The highest BCUT2D eigenvalue weighted by atomic mass is 19.4. The maximum atomic E-state index is 12.5. The number of hydrogen-bond acceptors (Lipinski definition) is 3. The first kappa shape index (κ1) is 16.8. The van der Waals surface area contributed by atoms with Crippen molar-refractivity contribution in [2.24, 2.45) is 0 Å². The lowest BCUT2D eigenvalue weighted by atomic mass is 10.1. The molecule has 0 spiro atoms. The van der Waals surface area contributed by atoms with Crippen LogP contribution in [0.5, 0.6) is 5.75 Å². The number of rotatable bonds is 3. The summed E-state index contributed by atoms with van der Waals surface area (Å²) in [7, 11) is 0. The molecule has 0 amide bonds. The van der Waals surface area contributed by atoms with Crippen LogP contribution in [0.4, 0.5) is 26.3 Å². The molecule has 0 saturated heterocycles. The van der Waals surface area contributed by atoms with Crippen molar-refractivity contribution in [3.05, 3.63) is 29.3 Å². The molecule has 21 heavy (non-hydrogen) atoms. The fourth-order valence-corrected chi connectivity index (χ4v) is 1.28. The van der Waals surface area contributed by atoms with Crippen molar-refractivity contribution in [1.29, 1.82) is 0 Å². The van der Waals surface area contributed by atoms with Crippen LogP contribution >= 0.6 is 0 Å². The molecule has 1 aromatic carbocycles. The van der Waals surface area contributed by atoms with Gasteiger partial charge in [0.2, 0.25) is 0 Å². The Morgan fingerprint density at radius 3 is 1.71 bits per heavy atom. The van der Waals surface area contributed by atoms with E-state index in [2.05, 4.69) is 4.74 Å². The number of alkyl halides is 6. The number of carboxylic acid groups (broad SMARTS) is 1. The lowest BCUT2D eigenvalue weighted by Gasteiger charge is -2.13. The molecule has 1 N–H and O–H groups in total. The minimum Gasteiger partial charge on any atom is -0.481 e. The number of hydrogen-bond donors (Lipinski definition) is 1. The summed E-state index contributed by atoms with van der Waals surface area (Å²) in [5.74, 6) is -4.17. The number of carbonyl (C=O) groups is 2. The van der Waals surface area contributed by atoms with E-state index in [1.807, 2.05) is 0 Å². The Balaban J connectivity index is 3.20. The predicted molar refractivity (Wildman–Crippen MR) is 54.3 cm³/mol. The molecule has 0 aliphatic rings. The van der Waals surface area contributed by atoms with Crippen LogP contribution in [0.3, 0.4) is 0 Å². The maximum absolute atomic E-state index is 12.5. The standard InChI is InChI=1S/C11H6F6O4/c12-10(13,14)5-1-6(11(15,16)17)3-7(2-5)21-9(20)4-8(18)19/h1-3H,4H2,(H,18,19). The van der Waals surface area contributed by atoms with Crippen LogP contribution in [0.1, 0.15) is 17.5 Å². The van der Waals surface area contributed by atoms with E-state index in [4.69, 9.17) is 5.11 Å². The number of carboxylic acids is 1. The molecule has 0 heterocycles. The third-order valence-electron chi connectivity index (χ3n) is 2.09. The topological polar surface area (TPSA) is 63.6 Å². The maximum Gasteiger partial charge on any atom is 0.416 e. The van der Waals surface area contributed by atoms with E-state index < -0.39 is 47.6 Å². The van der Waals surface area contributed by atoms with E-state index in [-0.39, 0.29) is 18.2 Å². The van der Waals surface area contributed by atoms with Gasteiger partial charge in [-0.15, -0.1) is 0 Å². The second-order valence-corrected chi connectivity index (χ2v) is 3.79. The number of benzene rings is 1. The molecule has 0 aromatic heterocycles. The van der Waals surface area contributed by atoms with Crippen molar-refractivity contribution in [1.82, 2.24) is 0 Å². The normalized spacial score (nSPS) is 12.1. The number of ether oxygens (including phenoxy) is 1. The zero-order valence-corrected chi connectivity index (χ0v) is 9.88. The van der Waals surface area contributed by atoms with Gasteiger partial charge in [0.15, 0.2) is 0 Å². The number of carbonyl (C=O) groups excluding carboxylic acids is 1. The largest absolute Gasteiger partial charge is 0.481 e. The smallest absolute Gasteiger partial charge is 0.416 e. The quantitative estimate of drug-likeness (QED) is 0.403. The van der Waals surface area contributed by atoms with Crippen LogP contribution in [0.2, 0.25) is 0 Å². The zero-order chi connectivity index (χ0) is 16.4. The molecule has 0 saturated carbocycles. The Hall–Kier alpha value is -2.26. The average Bonchev–Trinajstić information content (AvgIpc) is 2.24. The summed E-state index contributed by atoms with van der Waals surface area (Å²) in [6.07, 6.45) is -11.4. The molecule has 1 rings (SSSR count). The average molecular weight is 316 g/mol. The Morgan fingerprint density at radius 2 is 1.38 bits per heavy atom. The molecule has 10 heteroatoms. The molecule has 0 unspecified atom stereocenters.